The molecular weight excluding hydrogens is 248 g/mol. The zero-order valence-corrected chi connectivity index (χ0v) is 12.5. The van der Waals surface area contributed by atoms with E-state index in [4.69, 9.17) is 0 Å². The minimum Gasteiger partial charge on any atom is -0.345 e. The highest BCUT2D eigenvalue weighted by molar-refractivity contribution is 5.85. The number of hydrogen-bond donors (Lipinski definition) is 1. The topological polar surface area (TPSA) is 32.3 Å². The van der Waals surface area contributed by atoms with Crippen LogP contribution in [0.25, 0.3) is 0 Å². The lowest BCUT2D eigenvalue weighted by Crippen LogP contribution is -2.43. The predicted octanol–water partition coefficient (Wildman–Crippen LogP) is 2.44. The fraction of sp³-hybridized carbons (Fsp3) is 0.929. The van der Waals surface area contributed by atoms with Crippen molar-refractivity contribution in [1.82, 2.24) is 10.2 Å². The van der Waals surface area contributed by atoms with Crippen LogP contribution in [0.15, 0.2) is 0 Å². The van der Waals surface area contributed by atoms with E-state index < -0.39 is 0 Å². The van der Waals surface area contributed by atoms with Crippen LogP contribution in [0.5, 0.6) is 0 Å². The molecule has 0 aromatic carbocycles. The molecule has 1 saturated carbocycles. The summed E-state index contributed by atoms with van der Waals surface area (Å²) in [4.78, 5) is 14.3. The summed E-state index contributed by atoms with van der Waals surface area (Å²) < 4.78 is 0. The standard InChI is InChI=1S/C14H26N2O.ClH/c1-11-9-13(7-8-15-11)14(17)16(2)10-12-5-3-4-6-12;/h11-13,15H,3-10H2,1-2H3;1H/t11-,13-;/m0./s1. The van der Waals surface area contributed by atoms with Gasteiger partial charge in [-0.15, -0.1) is 12.4 Å². The molecule has 0 unspecified atom stereocenters. The molecule has 1 aliphatic heterocycles. The molecule has 1 amide bonds. The van der Waals surface area contributed by atoms with Gasteiger partial charge in [0.1, 0.15) is 0 Å². The van der Waals surface area contributed by atoms with E-state index in [0.717, 1.165) is 31.8 Å². The number of rotatable bonds is 3. The summed E-state index contributed by atoms with van der Waals surface area (Å²) in [5, 5.41) is 3.41. The van der Waals surface area contributed by atoms with Gasteiger partial charge in [-0.1, -0.05) is 12.8 Å². The molecule has 1 saturated heterocycles. The summed E-state index contributed by atoms with van der Waals surface area (Å²) in [6, 6.07) is 0.498. The van der Waals surface area contributed by atoms with E-state index in [-0.39, 0.29) is 18.3 Å². The molecule has 0 aromatic heterocycles. The quantitative estimate of drug-likeness (QED) is 0.857. The Morgan fingerprint density at radius 1 is 1.28 bits per heavy atom. The van der Waals surface area contributed by atoms with Crippen molar-refractivity contribution in [1.29, 1.82) is 0 Å². The second-order valence-electron chi connectivity index (χ2n) is 5.95. The molecule has 0 aromatic rings. The first-order chi connectivity index (χ1) is 8.16. The van der Waals surface area contributed by atoms with Crippen LogP contribution in [0.1, 0.15) is 45.4 Å². The van der Waals surface area contributed by atoms with Crippen LogP contribution in [0.2, 0.25) is 0 Å². The SMILES string of the molecule is C[C@H]1C[C@@H](C(=O)N(C)CC2CCCC2)CCN1.Cl. The normalized spacial score (nSPS) is 28.8. The number of amides is 1. The highest BCUT2D eigenvalue weighted by atomic mass is 35.5. The number of carbonyl (C=O) groups excluding carboxylic acids is 1. The molecule has 2 fully saturated rings. The minimum absolute atomic E-state index is 0. The van der Waals surface area contributed by atoms with Gasteiger partial charge in [-0.3, -0.25) is 4.79 Å². The fourth-order valence-corrected chi connectivity index (χ4v) is 3.34. The van der Waals surface area contributed by atoms with E-state index in [9.17, 15) is 4.79 Å². The molecule has 1 aliphatic carbocycles. The molecule has 106 valence electrons. The van der Waals surface area contributed by atoms with E-state index in [1.54, 1.807) is 0 Å². The van der Waals surface area contributed by atoms with E-state index in [1.807, 2.05) is 11.9 Å². The fourth-order valence-electron chi connectivity index (χ4n) is 3.34. The zero-order valence-electron chi connectivity index (χ0n) is 11.7. The summed E-state index contributed by atoms with van der Waals surface area (Å²) in [5.74, 6) is 1.41. The lowest BCUT2D eigenvalue weighted by molar-refractivity contribution is -0.135. The van der Waals surface area contributed by atoms with Crippen molar-refractivity contribution in [3.63, 3.8) is 0 Å². The van der Waals surface area contributed by atoms with Crippen molar-refractivity contribution in [2.45, 2.75) is 51.5 Å². The zero-order chi connectivity index (χ0) is 12.3. The Balaban J connectivity index is 0.00000162. The van der Waals surface area contributed by atoms with Crippen molar-refractivity contribution < 1.29 is 4.79 Å². The highest BCUT2D eigenvalue weighted by Gasteiger charge is 2.28. The second kappa shape index (κ2) is 7.34. The van der Waals surface area contributed by atoms with Gasteiger partial charge in [0.2, 0.25) is 5.91 Å². The van der Waals surface area contributed by atoms with Crippen LogP contribution in [-0.2, 0) is 4.79 Å². The molecule has 3 nitrogen and oxygen atoms in total. The Morgan fingerprint density at radius 2 is 1.94 bits per heavy atom. The monoisotopic (exact) mass is 274 g/mol. The maximum Gasteiger partial charge on any atom is 0.225 e. The number of carbonyl (C=O) groups is 1. The average molecular weight is 275 g/mol. The van der Waals surface area contributed by atoms with Gasteiger partial charge >= 0.3 is 0 Å². The average Bonchev–Trinajstić information content (AvgIpc) is 2.80. The van der Waals surface area contributed by atoms with Gasteiger partial charge in [0.05, 0.1) is 0 Å². The maximum atomic E-state index is 12.3. The van der Waals surface area contributed by atoms with Crippen molar-refractivity contribution in [3.05, 3.63) is 0 Å². The summed E-state index contributed by atoms with van der Waals surface area (Å²) in [6.07, 6.45) is 7.38. The van der Waals surface area contributed by atoms with Crippen molar-refractivity contribution >= 4 is 18.3 Å². The van der Waals surface area contributed by atoms with Gasteiger partial charge in [0.25, 0.3) is 0 Å². The van der Waals surface area contributed by atoms with Gasteiger partial charge in [0.15, 0.2) is 0 Å². The van der Waals surface area contributed by atoms with Crippen LogP contribution < -0.4 is 5.32 Å². The Kier molecular flexibility index (Phi) is 6.44. The van der Waals surface area contributed by atoms with Gasteiger partial charge in [-0.05, 0) is 45.1 Å². The van der Waals surface area contributed by atoms with Gasteiger partial charge < -0.3 is 10.2 Å². The van der Waals surface area contributed by atoms with E-state index >= 15 is 0 Å². The molecule has 18 heavy (non-hydrogen) atoms. The number of nitrogens with zero attached hydrogens (tertiary/aromatic N) is 1. The number of halogens is 1. The Morgan fingerprint density at radius 3 is 2.56 bits per heavy atom. The lowest BCUT2D eigenvalue weighted by Gasteiger charge is -2.31. The third-order valence-corrected chi connectivity index (χ3v) is 4.36. The molecule has 0 radical (unpaired) electrons. The molecular formula is C14H27ClN2O. The summed E-state index contributed by atoms with van der Waals surface area (Å²) in [7, 11) is 1.99. The smallest absolute Gasteiger partial charge is 0.225 e. The van der Waals surface area contributed by atoms with Crippen molar-refractivity contribution in [2.75, 3.05) is 20.1 Å². The molecule has 0 spiro atoms. The van der Waals surface area contributed by atoms with Crippen LogP contribution in [-0.4, -0.2) is 37.0 Å². The maximum absolute atomic E-state index is 12.3. The molecule has 2 rings (SSSR count). The summed E-state index contributed by atoms with van der Waals surface area (Å²) >= 11 is 0. The van der Waals surface area contributed by atoms with Gasteiger partial charge in [-0.25, -0.2) is 0 Å². The first-order valence-electron chi connectivity index (χ1n) is 7.15. The van der Waals surface area contributed by atoms with Crippen LogP contribution in [0, 0.1) is 11.8 Å². The van der Waals surface area contributed by atoms with E-state index in [2.05, 4.69) is 12.2 Å². The Hall–Kier alpha value is -0.280. The van der Waals surface area contributed by atoms with E-state index in [0.29, 0.717) is 11.9 Å². The van der Waals surface area contributed by atoms with Gasteiger partial charge in [0, 0.05) is 25.6 Å². The van der Waals surface area contributed by atoms with Crippen molar-refractivity contribution in [2.24, 2.45) is 11.8 Å². The summed E-state index contributed by atoms with van der Waals surface area (Å²) in [6.45, 7) is 4.16. The third-order valence-electron chi connectivity index (χ3n) is 4.36. The first-order valence-corrected chi connectivity index (χ1v) is 7.15. The second-order valence-corrected chi connectivity index (χ2v) is 5.95. The molecule has 2 atom stereocenters. The minimum atomic E-state index is 0. The number of nitrogens with one attached hydrogen (secondary N) is 1. The molecule has 2 aliphatic rings. The predicted molar refractivity (Wildman–Crippen MR) is 77.0 cm³/mol. The molecule has 0 bridgehead atoms. The number of hydrogen-bond acceptors (Lipinski definition) is 2. The van der Waals surface area contributed by atoms with Crippen LogP contribution >= 0.6 is 12.4 Å². The van der Waals surface area contributed by atoms with Gasteiger partial charge in [-0.2, -0.15) is 0 Å². The molecule has 4 heteroatoms. The molecule has 1 heterocycles. The summed E-state index contributed by atoms with van der Waals surface area (Å²) in [5.41, 5.74) is 0. The van der Waals surface area contributed by atoms with Crippen LogP contribution in [0.4, 0.5) is 0 Å². The van der Waals surface area contributed by atoms with E-state index in [1.165, 1.54) is 25.7 Å². The Labute approximate surface area is 117 Å². The number of piperidine rings is 1. The largest absolute Gasteiger partial charge is 0.345 e. The molecule has 1 N–H and O–H groups in total. The highest BCUT2D eigenvalue weighted by Crippen LogP contribution is 2.26. The lowest BCUT2D eigenvalue weighted by atomic mass is 9.92. The first kappa shape index (κ1) is 15.8. The van der Waals surface area contributed by atoms with Crippen LogP contribution in [0.3, 0.4) is 0 Å². The third kappa shape index (κ3) is 4.13. The Bertz CT molecular complexity index is 267. The van der Waals surface area contributed by atoms with Crippen molar-refractivity contribution in [3.8, 4) is 0 Å².